The molecule has 7 nitrogen and oxygen atoms in total. The number of carbonyl (C=O) groups is 2. The summed E-state index contributed by atoms with van der Waals surface area (Å²) >= 11 is 0. The summed E-state index contributed by atoms with van der Waals surface area (Å²) in [6.07, 6.45) is 3.10. The summed E-state index contributed by atoms with van der Waals surface area (Å²) in [6, 6.07) is 8.53. The van der Waals surface area contributed by atoms with Gasteiger partial charge in [0.05, 0.1) is 23.6 Å². The molecule has 7 heteroatoms. The van der Waals surface area contributed by atoms with Crippen LogP contribution in [0, 0.1) is 0 Å². The van der Waals surface area contributed by atoms with Gasteiger partial charge in [-0.1, -0.05) is 18.2 Å². The highest BCUT2D eigenvalue weighted by atomic mass is 16.5. The molecule has 1 N–H and O–H groups in total. The fraction of sp³-hybridized carbons (Fsp3) is 0.312. The summed E-state index contributed by atoms with van der Waals surface area (Å²) in [6.45, 7) is 0.267. The molecular weight excluding hydrogens is 298 g/mol. The molecule has 0 aliphatic carbocycles. The molecule has 120 valence electrons. The Morgan fingerprint density at radius 2 is 2.04 bits per heavy atom. The fourth-order valence-electron chi connectivity index (χ4n) is 2.75. The van der Waals surface area contributed by atoms with Crippen molar-refractivity contribution >= 4 is 11.9 Å². The average molecular weight is 315 g/mol. The van der Waals surface area contributed by atoms with E-state index in [2.05, 4.69) is 5.10 Å². The molecular formula is C16H17N3O4. The average Bonchev–Trinajstić information content (AvgIpc) is 3.22. The number of amides is 1. The van der Waals surface area contributed by atoms with Crippen LogP contribution in [0.4, 0.5) is 0 Å². The normalized spacial score (nSPS) is 20.7. The molecule has 0 saturated carbocycles. The summed E-state index contributed by atoms with van der Waals surface area (Å²) in [5, 5.41) is 13.5. The van der Waals surface area contributed by atoms with Gasteiger partial charge in [0, 0.05) is 26.3 Å². The highest BCUT2D eigenvalue weighted by Gasteiger charge is 2.40. The van der Waals surface area contributed by atoms with Gasteiger partial charge >= 0.3 is 5.97 Å². The molecule has 1 fully saturated rings. The first-order valence-electron chi connectivity index (χ1n) is 7.27. The molecule has 2 aromatic rings. The summed E-state index contributed by atoms with van der Waals surface area (Å²) in [5.74, 6) is -1.37. The van der Waals surface area contributed by atoms with Gasteiger partial charge in [-0.25, -0.2) is 9.48 Å². The van der Waals surface area contributed by atoms with Gasteiger partial charge < -0.3 is 14.7 Å². The number of carboxylic acids is 1. The number of para-hydroxylation sites is 1. The second-order valence-electron chi connectivity index (χ2n) is 5.41. The number of hydrogen-bond acceptors (Lipinski definition) is 4. The molecule has 1 aromatic heterocycles. The first-order chi connectivity index (χ1) is 11.1. The first-order valence-corrected chi connectivity index (χ1v) is 7.27. The quantitative estimate of drug-likeness (QED) is 0.916. The van der Waals surface area contributed by atoms with Crippen molar-refractivity contribution in [1.29, 1.82) is 0 Å². The van der Waals surface area contributed by atoms with Crippen molar-refractivity contribution in [2.24, 2.45) is 0 Å². The predicted molar refractivity (Wildman–Crippen MR) is 81.4 cm³/mol. The van der Waals surface area contributed by atoms with Gasteiger partial charge in [0.1, 0.15) is 6.04 Å². The van der Waals surface area contributed by atoms with Crippen LogP contribution < -0.4 is 0 Å². The van der Waals surface area contributed by atoms with E-state index in [0.29, 0.717) is 12.0 Å². The van der Waals surface area contributed by atoms with Crippen LogP contribution in [0.1, 0.15) is 16.8 Å². The summed E-state index contributed by atoms with van der Waals surface area (Å²) < 4.78 is 6.79. The number of carboxylic acid groups (broad SMARTS) is 1. The van der Waals surface area contributed by atoms with Crippen LogP contribution >= 0.6 is 0 Å². The van der Waals surface area contributed by atoms with E-state index >= 15 is 0 Å². The van der Waals surface area contributed by atoms with Crippen molar-refractivity contribution in [3.05, 3.63) is 48.3 Å². The largest absolute Gasteiger partial charge is 0.480 e. The monoisotopic (exact) mass is 315 g/mol. The van der Waals surface area contributed by atoms with Crippen molar-refractivity contribution in [1.82, 2.24) is 14.7 Å². The Bertz CT molecular complexity index is 713. The van der Waals surface area contributed by atoms with E-state index in [4.69, 9.17) is 4.74 Å². The maximum atomic E-state index is 12.6. The number of methoxy groups -OCH3 is 1. The maximum Gasteiger partial charge on any atom is 0.326 e. The van der Waals surface area contributed by atoms with Crippen LogP contribution in [0.3, 0.4) is 0 Å². The molecule has 0 radical (unpaired) electrons. The van der Waals surface area contributed by atoms with Gasteiger partial charge in [-0.15, -0.1) is 0 Å². The molecule has 3 rings (SSSR count). The Labute approximate surface area is 133 Å². The van der Waals surface area contributed by atoms with E-state index in [1.807, 2.05) is 30.3 Å². The number of benzene rings is 1. The molecule has 1 saturated heterocycles. The lowest BCUT2D eigenvalue weighted by molar-refractivity contribution is -0.141. The van der Waals surface area contributed by atoms with Gasteiger partial charge in [-0.2, -0.15) is 5.10 Å². The highest BCUT2D eigenvalue weighted by molar-refractivity contribution is 5.96. The van der Waals surface area contributed by atoms with Gasteiger partial charge in [-0.3, -0.25) is 4.79 Å². The molecule has 1 aromatic carbocycles. The number of rotatable bonds is 4. The summed E-state index contributed by atoms with van der Waals surface area (Å²) in [5.41, 5.74) is 1.19. The predicted octanol–water partition coefficient (Wildman–Crippen LogP) is 1.19. The van der Waals surface area contributed by atoms with Crippen LogP contribution in [0.15, 0.2) is 42.7 Å². The van der Waals surface area contributed by atoms with Gasteiger partial charge in [0.15, 0.2) is 0 Å². The number of likely N-dealkylation sites (tertiary alicyclic amines) is 1. The first kappa shape index (κ1) is 15.2. The number of nitrogens with zero attached hydrogens (tertiary/aromatic N) is 3. The van der Waals surface area contributed by atoms with Crippen LogP contribution in [-0.4, -0.2) is 57.5 Å². The lowest BCUT2D eigenvalue weighted by atomic mass is 10.2. The Morgan fingerprint density at radius 3 is 2.70 bits per heavy atom. The molecule has 23 heavy (non-hydrogen) atoms. The van der Waals surface area contributed by atoms with E-state index in [0.717, 1.165) is 5.69 Å². The molecule has 1 amide bonds. The van der Waals surface area contributed by atoms with Gasteiger partial charge in [0.2, 0.25) is 0 Å². The van der Waals surface area contributed by atoms with E-state index in [1.165, 1.54) is 18.2 Å². The standard InChI is InChI=1S/C16H17N3O4/c1-23-13-7-14(16(21)22)18(10-13)15(20)11-8-17-19(9-11)12-5-3-2-4-6-12/h2-6,8-9,13-14H,7,10H2,1H3,(H,21,22). The Balaban J connectivity index is 1.83. The minimum Gasteiger partial charge on any atom is -0.480 e. The minimum atomic E-state index is -1.02. The van der Waals surface area contributed by atoms with E-state index < -0.39 is 12.0 Å². The molecule has 1 aliphatic rings. The Morgan fingerprint density at radius 1 is 1.30 bits per heavy atom. The zero-order valence-electron chi connectivity index (χ0n) is 12.6. The van der Waals surface area contributed by atoms with Crippen molar-refractivity contribution < 1.29 is 19.4 Å². The second kappa shape index (κ2) is 6.21. The van der Waals surface area contributed by atoms with Crippen LogP contribution in [0.2, 0.25) is 0 Å². The number of hydrogen-bond donors (Lipinski definition) is 1. The van der Waals surface area contributed by atoms with Gasteiger partial charge in [-0.05, 0) is 12.1 Å². The van der Waals surface area contributed by atoms with Crippen molar-refractivity contribution in [2.45, 2.75) is 18.6 Å². The third-order valence-corrected chi connectivity index (χ3v) is 3.99. The molecule has 2 heterocycles. The van der Waals surface area contributed by atoms with Crippen molar-refractivity contribution in [3.8, 4) is 5.69 Å². The van der Waals surface area contributed by atoms with Crippen molar-refractivity contribution in [3.63, 3.8) is 0 Å². The third kappa shape index (κ3) is 2.95. The zero-order chi connectivity index (χ0) is 16.4. The SMILES string of the molecule is COC1CC(C(=O)O)N(C(=O)c2cnn(-c3ccccc3)c2)C1. The van der Waals surface area contributed by atoms with E-state index in [1.54, 1.807) is 10.9 Å². The topological polar surface area (TPSA) is 84.7 Å². The molecule has 1 aliphatic heterocycles. The van der Waals surface area contributed by atoms with Crippen LogP contribution in [0.5, 0.6) is 0 Å². The van der Waals surface area contributed by atoms with E-state index in [9.17, 15) is 14.7 Å². The summed E-state index contributed by atoms with van der Waals surface area (Å²) in [7, 11) is 1.52. The molecule has 0 spiro atoms. The van der Waals surface area contributed by atoms with Crippen LogP contribution in [-0.2, 0) is 9.53 Å². The van der Waals surface area contributed by atoms with E-state index in [-0.39, 0.29) is 18.6 Å². The number of carbonyl (C=O) groups excluding carboxylic acids is 1. The highest BCUT2D eigenvalue weighted by Crippen LogP contribution is 2.23. The zero-order valence-corrected chi connectivity index (χ0v) is 12.6. The summed E-state index contributed by atoms with van der Waals surface area (Å²) in [4.78, 5) is 25.3. The molecule has 2 atom stereocenters. The number of ether oxygens (including phenoxy) is 1. The molecule has 0 bridgehead atoms. The van der Waals surface area contributed by atoms with Gasteiger partial charge in [0.25, 0.3) is 5.91 Å². The number of aromatic nitrogens is 2. The minimum absolute atomic E-state index is 0.260. The third-order valence-electron chi connectivity index (χ3n) is 3.99. The number of aliphatic carboxylic acids is 1. The van der Waals surface area contributed by atoms with Crippen molar-refractivity contribution in [2.75, 3.05) is 13.7 Å². The smallest absolute Gasteiger partial charge is 0.326 e. The Kier molecular flexibility index (Phi) is 4.12. The second-order valence-corrected chi connectivity index (χ2v) is 5.41. The lowest BCUT2D eigenvalue weighted by Crippen LogP contribution is -2.40. The molecule has 2 unspecified atom stereocenters. The maximum absolute atomic E-state index is 12.6. The lowest BCUT2D eigenvalue weighted by Gasteiger charge is -2.20. The van der Waals surface area contributed by atoms with Crippen LogP contribution in [0.25, 0.3) is 5.69 Å². The Hall–Kier alpha value is -2.67. The fourth-order valence-corrected chi connectivity index (χ4v) is 2.75.